The summed E-state index contributed by atoms with van der Waals surface area (Å²) >= 11 is 0. The molecule has 1 amide bonds. The van der Waals surface area contributed by atoms with Crippen LogP contribution < -0.4 is 11.1 Å². The third-order valence-electron chi connectivity index (χ3n) is 2.86. The Bertz CT molecular complexity index is 484. The number of nitrogens with two attached hydrogens (primary N) is 1. The number of carbonyl (C=O) groups excluding carboxylic acids is 2. The molecule has 0 radical (unpaired) electrons. The van der Waals surface area contributed by atoms with Gasteiger partial charge in [0.1, 0.15) is 0 Å². The van der Waals surface area contributed by atoms with Gasteiger partial charge in [-0.3, -0.25) is 4.79 Å². The van der Waals surface area contributed by atoms with Gasteiger partial charge in [0.05, 0.1) is 30.9 Å². The molecule has 6 heteroatoms. The molecule has 0 saturated heterocycles. The lowest BCUT2D eigenvalue weighted by Crippen LogP contribution is -2.28. The van der Waals surface area contributed by atoms with Gasteiger partial charge in [0, 0.05) is 13.7 Å². The van der Waals surface area contributed by atoms with E-state index in [-0.39, 0.29) is 25.0 Å². The van der Waals surface area contributed by atoms with Crippen LogP contribution in [-0.2, 0) is 14.3 Å². The maximum atomic E-state index is 11.9. The first-order valence-corrected chi connectivity index (χ1v) is 6.23. The average Bonchev–Trinajstić information content (AvgIpc) is 2.45. The zero-order valence-corrected chi connectivity index (χ0v) is 11.9. The summed E-state index contributed by atoms with van der Waals surface area (Å²) < 4.78 is 9.75. The monoisotopic (exact) mass is 280 g/mol. The Morgan fingerprint density at radius 3 is 2.60 bits per heavy atom. The molecule has 110 valence electrons. The lowest BCUT2D eigenvalue weighted by molar-refractivity contribution is -0.118. The number of aryl methyl sites for hydroxylation is 1. The molecule has 3 N–H and O–H groups in total. The number of esters is 1. The standard InChI is InChI=1S/C14H20N2O4/c1-9-4-5-12(11(6-9)14(18)20-3)16-13(17)7-10(8-15)19-2/h4-6,10H,7-8,15H2,1-3H3,(H,16,17). The number of ether oxygens (including phenoxy) is 2. The summed E-state index contributed by atoms with van der Waals surface area (Å²) in [7, 11) is 2.79. The van der Waals surface area contributed by atoms with E-state index in [9.17, 15) is 9.59 Å². The number of hydrogen-bond acceptors (Lipinski definition) is 5. The number of carbonyl (C=O) groups is 2. The van der Waals surface area contributed by atoms with Gasteiger partial charge >= 0.3 is 5.97 Å². The van der Waals surface area contributed by atoms with E-state index in [2.05, 4.69) is 5.32 Å². The minimum absolute atomic E-state index is 0.126. The van der Waals surface area contributed by atoms with Crippen LogP contribution in [0.2, 0.25) is 0 Å². The summed E-state index contributed by atoms with van der Waals surface area (Å²) in [6.07, 6.45) is -0.219. The number of hydrogen-bond donors (Lipinski definition) is 2. The molecule has 1 unspecified atom stereocenters. The van der Waals surface area contributed by atoms with E-state index < -0.39 is 5.97 Å². The van der Waals surface area contributed by atoms with Crippen molar-refractivity contribution in [3.8, 4) is 0 Å². The predicted molar refractivity (Wildman–Crippen MR) is 75.6 cm³/mol. The summed E-state index contributed by atoms with van der Waals surface area (Å²) in [5.74, 6) is -0.762. The number of benzene rings is 1. The van der Waals surface area contributed by atoms with Crippen LogP contribution >= 0.6 is 0 Å². The molecule has 6 nitrogen and oxygen atoms in total. The van der Waals surface area contributed by atoms with Crippen molar-refractivity contribution in [2.24, 2.45) is 5.73 Å². The van der Waals surface area contributed by atoms with Crippen molar-refractivity contribution < 1.29 is 19.1 Å². The summed E-state index contributed by atoms with van der Waals surface area (Å²) in [4.78, 5) is 23.6. The van der Waals surface area contributed by atoms with Crippen LogP contribution in [0, 0.1) is 6.92 Å². The van der Waals surface area contributed by atoms with Crippen LogP contribution in [0.25, 0.3) is 0 Å². The topological polar surface area (TPSA) is 90.7 Å². The fraction of sp³-hybridized carbons (Fsp3) is 0.429. The molecule has 1 rings (SSSR count). The van der Waals surface area contributed by atoms with Gasteiger partial charge in [0.25, 0.3) is 0 Å². The van der Waals surface area contributed by atoms with E-state index in [1.54, 1.807) is 18.2 Å². The fourth-order valence-corrected chi connectivity index (χ4v) is 1.72. The normalized spacial score (nSPS) is 11.8. The highest BCUT2D eigenvalue weighted by atomic mass is 16.5. The number of methoxy groups -OCH3 is 2. The largest absolute Gasteiger partial charge is 0.465 e. The molecule has 0 aliphatic rings. The van der Waals surface area contributed by atoms with Crippen molar-refractivity contribution in [3.05, 3.63) is 29.3 Å². The van der Waals surface area contributed by atoms with E-state index in [1.165, 1.54) is 14.2 Å². The number of nitrogens with one attached hydrogen (secondary N) is 1. The van der Waals surface area contributed by atoms with Gasteiger partial charge in [0.2, 0.25) is 5.91 Å². The highest BCUT2D eigenvalue weighted by molar-refractivity contribution is 6.01. The van der Waals surface area contributed by atoms with Crippen molar-refractivity contribution in [2.75, 3.05) is 26.1 Å². The quantitative estimate of drug-likeness (QED) is 0.761. The molecule has 0 fully saturated rings. The van der Waals surface area contributed by atoms with Crippen LogP contribution in [-0.4, -0.2) is 38.7 Å². The molecule has 0 aromatic heterocycles. The predicted octanol–water partition coefficient (Wildman–Crippen LogP) is 1.08. The van der Waals surface area contributed by atoms with E-state index >= 15 is 0 Å². The van der Waals surface area contributed by atoms with Crippen LogP contribution in [0.1, 0.15) is 22.3 Å². The zero-order chi connectivity index (χ0) is 15.1. The summed E-state index contributed by atoms with van der Waals surface area (Å²) in [5, 5.41) is 2.68. The Kier molecular flexibility index (Phi) is 6.14. The molecule has 1 aromatic rings. The van der Waals surface area contributed by atoms with Crippen LogP contribution in [0.4, 0.5) is 5.69 Å². The van der Waals surface area contributed by atoms with Gasteiger partial charge in [-0.2, -0.15) is 0 Å². The van der Waals surface area contributed by atoms with Crippen LogP contribution in [0.5, 0.6) is 0 Å². The Morgan fingerprint density at radius 1 is 1.35 bits per heavy atom. The minimum Gasteiger partial charge on any atom is -0.465 e. The second-order valence-electron chi connectivity index (χ2n) is 4.39. The van der Waals surface area contributed by atoms with Gasteiger partial charge in [-0.15, -0.1) is 0 Å². The first-order chi connectivity index (χ1) is 9.51. The Labute approximate surface area is 118 Å². The molecular weight excluding hydrogens is 260 g/mol. The van der Waals surface area contributed by atoms with E-state index in [1.807, 2.05) is 6.92 Å². The molecule has 1 aromatic carbocycles. The molecular formula is C14H20N2O4. The van der Waals surface area contributed by atoms with Crippen molar-refractivity contribution in [1.82, 2.24) is 0 Å². The number of amides is 1. The Balaban J connectivity index is 2.86. The maximum absolute atomic E-state index is 11.9. The van der Waals surface area contributed by atoms with Crippen molar-refractivity contribution in [2.45, 2.75) is 19.4 Å². The highest BCUT2D eigenvalue weighted by Crippen LogP contribution is 2.19. The second kappa shape index (κ2) is 7.62. The summed E-state index contributed by atoms with van der Waals surface area (Å²) in [5.41, 5.74) is 7.11. The van der Waals surface area contributed by atoms with Crippen LogP contribution in [0.3, 0.4) is 0 Å². The van der Waals surface area contributed by atoms with E-state index in [4.69, 9.17) is 15.2 Å². The van der Waals surface area contributed by atoms with Crippen molar-refractivity contribution in [1.29, 1.82) is 0 Å². The van der Waals surface area contributed by atoms with Crippen molar-refractivity contribution >= 4 is 17.6 Å². The Hall–Kier alpha value is -1.92. The summed E-state index contributed by atoms with van der Waals surface area (Å²) in [6, 6.07) is 5.14. The second-order valence-corrected chi connectivity index (χ2v) is 4.39. The molecule has 20 heavy (non-hydrogen) atoms. The third-order valence-corrected chi connectivity index (χ3v) is 2.86. The fourth-order valence-electron chi connectivity index (χ4n) is 1.72. The first-order valence-electron chi connectivity index (χ1n) is 6.23. The van der Waals surface area contributed by atoms with Gasteiger partial charge in [-0.1, -0.05) is 11.6 Å². The molecule has 1 atom stereocenters. The highest BCUT2D eigenvalue weighted by Gasteiger charge is 2.16. The first kappa shape index (κ1) is 16.1. The summed E-state index contributed by atoms with van der Waals surface area (Å²) in [6.45, 7) is 2.11. The Morgan fingerprint density at radius 2 is 2.05 bits per heavy atom. The van der Waals surface area contributed by atoms with Gasteiger partial charge < -0.3 is 20.5 Å². The van der Waals surface area contributed by atoms with Gasteiger partial charge in [0.15, 0.2) is 0 Å². The average molecular weight is 280 g/mol. The minimum atomic E-state index is -0.494. The third kappa shape index (κ3) is 4.32. The molecule has 0 bridgehead atoms. The van der Waals surface area contributed by atoms with Crippen LogP contribution in [0.15, 0.2) is 18.2 Å². The van der Waals surface area contributed by atoms with E-state index in [0.717, 1.165) is 5.56 Å². The lowest BCUT2D eigenvalue weighted by atomic mass is 10.1. The van der Waals surface area contributed by atoms with E-state index in [0.29, 0.717) is 11.3 Å². The number of anilines is 1. The van der Waals surface area contributed by atoms with Gasteiger partial charge in [-0.25, -0.2) is 4.79 Å². The zero-order valence-electron chi connectivity index (χ0n) is 11.9. The molecule has 0 saturated carbocycles. The smallest absolute Gasteiger partial charge is 0.339 e. The van der Waals surface area contributed by atoms with Gasteiger partial charge in [-0.05, 0) is 19.1 Å². The SMILES string of the molecule is COC(=O)c1cc(C)ccc1NC(=O)CC(CN)OC. The maximum Gasteiger partial charge on any atom is 0.339 e. The molecule has 0 spiro atoms. The molecule has 0 aliphatic carbocycles. The molecule has 0 heterocycles. The number of rotatable bonds is 6. The lowest BCUT2D eigenvalue weighted by Gasteiger charge is -2.14. The van der Waals surface area contributed by atoms with Crippen molar-refractivity contribution in [3.63, 3.8) is 0 Å². The molecule has 0 aliphatic heterocycles.